The van der Waals surface area contributed by atoms with E-state index in [1.165, 1.54) is 25.1 Å². The van der Waals surface area contributed by atoms with E-state index in [1.54, 1.807) is 6.07 Å². The van der Waals surface area contributed by atoms with Gasteiger partial charge in [0.05, 0.1) is 10.9 Å². The van der Waals surface area contributed by atoms with Gasteiger partial charge in [-0.3, -0.25) is 9.59 Å². The Morgan fingerprint density at radius 3 is 2.44 bits per heavy atom. The molecule has 1 atom stereocenters. The maximum atomic E-state index is 12.3. The SMILES string of the molecule is CC(=O)c1cccc(S(=O)(=O)NCCC(=O)NC(C)c2ccccc2C)c1. The van der Waals surface area contributed by atoms with Crippen molar-refractivity contribution in [2.24, 2.45) is 0 Å². The molecular weight excluding hydrogens is 364 g/mol. The van der Waals surface area contributed by atoms with Crippen LogP contribution in [0.15, 0.2) is 53.4 Å². The molecule has 0 spiro atoms. The molecule has 0 fully saturated rings. The van der Waals surface area contributed by atoms with Gasteiger partial charge in [-0.1, -0.05) is 36.4 Å². The first-order valence-electron chi connectivity index (χ1n) is 8.66. The fourth-order valence-electron chi connectivity index (χ4n) is 2.73. The number of amides is 1. The smallest absolute Gasteiger partial charge is 0.240 e. The largest absolute Gasteiger partial charge is 0.350 e. The fraction of sp³-hybridized carbons (Fsp3) is 0.300. The van der Waals surface area contributed by atoms with E-state index in [4.69, 9.17) is 0 Å². The molecule has 0 aliphatic carbocycles. The Kier molecular flexibility index (Phi) is 6.87. The average molecular weight is 388 g/mol. The van der Waals surface area contributed by atoms with Crippen LogP contribution >= 0.6 is 0 Å². The number of ketones is 1. The Hall–Kier alpha value is -2.51. The Balaban J connectivity index is 1.91. The Morgan fingerprint density at radius 2 is 1.78 bits per heavy atom. The lowest BCUT2D eigenvalue weighted by molar-refractivity contribution is -0.121. The van der Waals surface area contributed by atoms with Gasteiger partial charge in [-0.15, -0.1) is 0 Å². The Morgan fingerprint density at radius 1 is 1.07 bits per heavy atom. The first-order chi connectivity index (χ1) is 12.7. The summed E-state index contributed by atoms with van der Waals surface area (Å²) >= 11 is 0. The number of hydrogen-bond donors (Lipinski definition) is 2. The molecule has 0 aromatic heterocycles. The first-order valence-corrected chi connectivity index (χ1v) is 10.1. The normalized spacial score (nSPS) is 12.4. The van der Waals surface area contributed by atoms with Crippen molar-refractivity contribution in [1.29, 1.82) is 0 Å². The van der Waals surface area contributed by atoms with Crippen molar-refractivity contribution in [2.45, 2.75) is 38.1 Å². The van der Waals surface area contributed by atoms with Crippen molar-refractivity contribution in [3.63, 3.8) is 0 Å². The maximum Gasteiger partial charge on any atom is 0.240 e. The van der Waals surface area contributed by atoms with Crippen molar-refractivity contribution < 1.29 is 18.0 Å². The zero-order valence-electron chi connectivity index (χ0n) is 15.7. The summed E-state index contributed by atoms with van der Waals surface area (Å²) in [5.41, 5.74) is 2.42. The molecule has 27 heavy (non-hydrogen) atoms. The van der Waals surface area contributed by atoms with Gasteiger partial charge in [0, 0.05) is 18.5 Å². The third-order valence-corrected chi connectivity index (χ3v) is 5.69. The van der Waals surface area contributed by atoms with Crippen LogP contribution in [0, 0.1) is 6.92 Å². The molecule has 0 aliphatic heterocycles. The van der Waals surface area contributed by atoms with Gasteiger partial charge < -0.3 is 5.32 Å². The van der Waals surface area contributed by atoms with Crippen molar-refractivity contribution >= 4 is 21.7 Å². The van der Waals surface area contributed by atoms with Gasteiger partial charge in [-0.2, -0.15) is 0 Å². The summed E-state index contributed by atoms with van der Waals surface area (Å²) < 4.78 is 27.0. The van der Waals surface area contributed by atoms with Crippen molar-refractivity contribution in [1.82, 2.24) is 10.0 Å². The number of aryl methyl sites for hydroxylation is 1. The van der Waals surface area contributed by atoms with Crippen molar-refractivity contribution in [3.8, 4) is 0 Å². The van der Waals surface area contributed by atoms with Gasteiger partial charge in [-0.05, 0) is 44.0 Å². The highest BCUT2D eigenvalue weighted by atomic mass is 32.2. The van der Waals surface area contributed by atoms with Crippen molar-refractivity contribution in [3.05, 3.63) is 65.2 Å². The molecule has 0 aliphatic rings. The highest BCUT2D eigenvalue weighted by Gasteiger charge is 2.16. The average Bonchev–Trinajstić information content (AvgIpc) is 2.62. The van der Waals surface area contributed by atoms with Gasteiger partial charge in [0.2, 0.25) is 15.9 Å². The number of hydrogen-bond acceptors (Lipinski definition) is 4. The summed E-state index contributed by atoms with van der Waals surface area (Å²) in [6.07, 6.45) is 0.0157. The zero-order valence-corrected chi connectivity index (χ0v) is 16.5. The van der Waals surface area contributed by atoms with Gasteiger partial charge in [-0.25, -0.2) is 13.1 Å². The number of Topliss-reactive ketones (excluding diaryl/α,β-unsaturated/α-hetero) is 1. The highest BCUT2D eigenvalue weighted by Crippen LogP contribution is 2.16. The van der Waals surface area contributed by atoms with Gasteiger partial charge in [0.1, 0.15) is 0 Å². The molecule has 2 rings (SSSR count). The van der Waals surface area contributed by atoms with Gasteiger partial charge >= 0.3 is 0 Å². The van der Waals surface area contributed by atoms with E-state index in [0.29, 0.717) is 5.56 Å². The zero-order chi connectivity index (χ0) is 20.0. The van der Waals surface area contributed by atoms with E-state index >= 15 is 0 Å². The summed E-state index contributed by atoms with van der Waals surface area (Å²) in [7, 11) is -3.78. The monoisotopic (exact) mass is 388 g/mol. The van der Waals surface area contributed by atoms with Gasteiger partial charge in [0.15, 0.2) is 5.78 Å². The van der Waals surface area contributed by atoms with E-state index < -0.39 is 10.0 Å². The first kappa shape index (κ1) is 20.8. The molecule has 1 amide bonds. The number of carbonyl (C=O) groups excluding carboxylic acids is 2. The second kappa shape index (κ2) is 8.92. The highest BCUT2D eigenvalue weighted by molar-refractivity contribution is 7.89. The van der Waals surface area contributed by atoms with Crippen molar-refractivity contribution in [2.75, 3.05) is 6.54 Å². The summed E-state index contributed by atoms with van der Waals surface area (Å²) in [4.78, 5) is 23.5. The third-order valence-electron chi connectivity index (χ3n) is 4.23. The van der Waals surface area contributed by atoms with Crippen LogP contribution in [-0.2, 0) is 14.8 Å². The van der Waals surface area contributed by atoms with E-state index in [9.17, 15) is 18.0 Å². The Bertz CT molecular complexity index is 939. The number of carbonyl (C=O) groups is 2. The lowest BCUT2D eigenvalue weighted by Crippen LogP contribution is -2.32. The standard InChI is InChI=1S/C20H24N2O4S/c1-14-7-4-5-10-19(14)15(2)22-20(24)11-12-21-27(25,26)18-9-6-8-17(13-18)16(3)23/h4-10,13,15,21H,11-12H2,1-3H3,(H,22,24). The molecule has 144 valence electrons. The Labute approximate surface area is 160 Å². The predicted octanol–water partition coefficient (Wildman–Crippen LogP) is 2.74. The number of sulfonamides is 1. The van der Waals surface area contributed by atoms with Crippen LogP contribution in [0.1, 0.15) is 47.8 Å². The molecule has 0 heterocycles. The maximum absolute atomic E-state index is 12.3. The van der Waals surface area contributed by atoms with E-state index in [0.717, 1.165) is 11.1 Å². The second-order valence-electron chi connectivity index (χ2n) is 6.38. The summed E-state index contributed by atoms with van der Waals surface area (Å²) in [6.45, 7) is 5.21. The van der Waals surface area contributed by atoms with E-state index in [2.05, 4.69) is 10.0 Å². The predicted molar refractivity (Wildman–Crippen MR) is 104 cm³/mol. The van der Waals surface area contributed by atoms with Crippen LogP contribution in [0.5, 0.6) is 0 Å². The van der Waals surface area contributed by atoms with Crippen LogP contribution in [-0.4, -0.2) is 26.7 Å². The van der Waals surface area contributed by atoms with Gasteiger partial charge in [0.25, 0.3) is 0 Å². The quantitative estimate of drug-likeness (QED) is 0.680. The molecule has 0 bridgehead atoms. The van der Waals surface area contributed by atoms with Crippen LogP contribution in [0.2, 0.25) is 0 Å². The molecule has 6 nitrogen and oxygen atoms in total. The lowest BCUT2D eigenvalue weighted by atomic mass is 10.0. The minimum absolute atomic E-state index is 0.00360. The summed E-state index contributed by atoms with van der Waals surface area (Å²) in [5.74, 6) is -0.456. The molecule has 0 radical (unpaired) electrons. The minimum atomic E-state index is -3.78. The van der Waals surface area contributed by atoms with Crippen LogP contribution < -0.4 is 10.0 Å². The van der Waals surface area contributed by atoms with Crippen LogP contribution in [0.25, 0.3) is 0 Å². The molecule has 0 saturated carbocycles. The number of benzene rings is 2. The van der Waals surface area contributed by atoms with E-state index in [-0.39, 0.29) is 35.6 Å². The molecular formula is C20H24N2O4S. The lowest BCUT2D eigenvalue weighted by Gasteiger charge is -2.16. The molecule has 2 aromatic rings. The molecule has 7 heteroatoms. The minimum Gasteiger partial charge on any atom is -0.350 e. The molecule has 1 unspecified atom stereocenters. The van der Waals surface area contributed by atoms with Crippen LogP contribution in [0.4, 0.5) is 0 Å². The summed E-state index contributed by atoms with van der Waals surface area (Å²) in [6, 6.07) is 13.4. The summed E-state index contributed by atoms with van der Waals surface area (Å²) in [5, 5.41) is 2.87. The third kappa shape index (κ3) is 5.74. The number of nitrogens with one attached hydrogen (secondary N) is 2. The topological polar surface area (TPSA) is 92.3 Å². The van der Waals surface area contributed by atoms with E-state index in [1.807, 2.05) is 38.1 Å². The molecule has 2 N–H and O–H groups in total. The second-order valence-corrected chi connectivity index (χ2v) is 8.14. The molecule has 2 aromatic carbocycles. The van der Waals surface area contributed by atoms with Crippen LogP contribution in [0.3, 0.4) is 0 Å². The fourth-order valence-corrected chi connectivity index (χ4v) is 3.81. The molecule has 0 saturated heterocycles. The number of rotatable bonds is 8.